The monoisotopic (exact) mass is 524 g/mol. The Kier molecular flexibility index (Phi) is 7.50. The third-order valence-electron chi connectivity index (χ3n) is 5.85. The number of nitrogens with one attached hydrogen (secondary N) is 1. The van der Waals surface area contributed by atoms with Crippen molar-refractivity contribution in [1.82, 2.24) is 15.2 Å². The average Bonchev–Trinajstić information content (AvgIpc) is 3.30. The molecular weight excluding hydrogens is 503 g/mol. The molecule has 1 amide bonds. The number of halogens is 2. The molecule has 0 aliphatic carbocycles. The first-order valence-corrected chi connectivity index (χ1v) is 12.5. The fraction of sp³-hybridized carbons (Fsp3) is 0.231. The molecule has 0 bridgehead atoms. The highest BCUT2D eigenvalue weighted by Crippen LogP contribution is 2.27. The molecule has 1 aliphatic heterocycles. The van der Waals surface area contributed by atoms with Crippen LogP contribution in [0.5, 0.6) is 5.19 Å². The van der Waals surface area contributed by atoms with Crippen LogP contribution in [0.25, 0.3) is 0 Å². The Labute approximate surface area is 216 Å². The van der Waals surface area contributed by atoms with Crippen molar-refractivity contribution in [1.29, 1.82) is 0 Å². The van der Waals surface area contributed by atoms with Gasteiger partial charge in [-0.2, -0.15) is 0 Å². The van der Waals surface area contributed by atoms with Gasteiger partial charge in [-0.05, 0) is 64.3 Å². The van der Waals surface area contributed by atoms with E-state index in [-0.39, 0.29) is 18.1 Å². The Morgan fingerprint density at radius 1 is 1.14 bits per heavy atom. The Morgan fingerprint density at radius 3 is 2.75 bits per heavy atom. The molecule has 7 nitrogen and oxygen atoms in total. The smallest absolute Gasteiger partial charge is 0.296 e. The Morgan fingerprint density at radius 2 is 1.97 bits per heavy atom. The van der Waals surface area contributed by atoms with Crippen LogP contribution in [0.2, 0.25) is 5.02 Å². The molecule has 3 heterocycles. The van der Waals surface area contributed by atoms with Gasteiger partial charge in [0.25, 0.3) is 11.1 Å². The summed E-state index contributed by atoms with van der Waals surface area (Å²) < 4.78 is 25.7. The second-order valence-corrected chi connectivity index (χ2v) is 9.81. The van der Waals surface area contributed by atoms with Gasteiger partial charge >= 0.3 is 0 Å². The number of hydrogen-bond donors (Lipinski definition) is 1. The zero-order valence-electron chi connectivity index (χ0n) is 19.1. The van der Waals surface area contributed by atoms with Gasteiger partial charge < -0.3 is 9.47 Å². The van der Waals surface area contributed by atoms with Crippen molar-refractivity contribution < 1.29 is 18.7 Å². The summed E-state index contributed by atoms with van der Waals surface area (Å²) in [5, 5.41) is 12.0. The van der Waals surface area contributed by atoms with Gasteiger partial charge in [0, 0.05) is 35.3 Å². The van der Waals surface area contributed by atoms with Crippen LogP contribution >= 0.6 is 22.9 Å². The lowest BCUT2D eigenvalue weighted by atomic mass is 9.90. The SMILES string of the molecule is O=C(Nc1nnc(OCc2ccc(Cl)cc2)s1)c1ccncc1Cc1c(F)cccc1CC1COC1. The number of carbonyl (C=O) groups excluding carboxylic acids is 1. The fourth-order valence-electron chi connectivity index (χ4n) is 3.89. The fourth-order valence-corrected chi connectivity index (χ4v) is 4.61. The minimum absolute atomic E-state index is 0.248. The summed E-state index contributed by atoms with van der Waals surface area (Å²) in [4.78, 5) is 17.3. The number of ether oxygens (including phenoxy) is 2. The number of pyridine rings is 1. The van der Waals surface area contributed by atoms with Gasteiger partial charge in [0.15, 0.2) is 0 Å². The van der Waals surface area contributed by atoms with Crippen LogP contribution in [-0.2, 0) is 24.2 Å². The third kappa shape index (κ3) is 5.87. The minimum atomic E-state index is -0.377. The van der Waals surface area contributed by atoms with Crippen LogP contribution in [0.3, 0.4) is 0 Å². The Hall–Kier alpha value is -3.40. The molecule has 1 N–H and O–H groups in total. The van der Waals surface area contributed by atoms with E-state index >= 15 is 0 Å². The molecule has 1 fully saturated rings. The molecule has 2 aromatic carbocycles. The summed E-state index contributed by atoms with van der Waals surface area (Å²) in [6, 6.07) is 14.0. The largest absolute Gasteiger partial charge is 0.464 e. The van der Waals surface area contributed by atoms with Crippen molar-refractivity contribution in [3.8, 4) is 5.19 Å². The van der Waals surface area contributed by atoms with Gasteiger partial charge in [0.2, 0.25) is 5.13 Å². The van der Waals surface area contributed by atoms with Crippen LogP contribution in [0.15, 0.2) is 60.9 Å². The van der Waals surface area contributed by atoms with Crippen molar-refractivity contribution in [3.63, 3.8) is 0 Å². The summed E-state index contributed by atoms with van der Waals surface area (Å²) in [5.41, 5.74) is 3.43. The molecule has 10 heteroatoms. The van der Waals surface area contributed by atoms with Gasteiger partial charge in [-0.3, -0.25) is 15.1 Å². The van der Waals surface area contributed by atoms with E-state index < -0.39 is 0 Å². The van der Waals surface area contributed by atoms with E-state index in [0.29, 0.717) is 57.8 Å². The summed E-state index contributed by atoms with van der Waals surface area (Å²) >= 11 is 7.02. The summed E-state index contributed by atoms with van der Waals surface area (Å²) in [6.45, 7) is 1.67. The number of hydrogen-bond acceptors (Lipinski definition) is 7. The quantitative estimate of drug-likeness (QED) is 0.318. The molecular formula is C26H22ClFN4O3S. The summed E-state index contributed by atoms with van der Waals surface area (Å²) in [6.07, 6.45) is 4.11. The van der Waals surface area contributed by atoms with Gasteiger partial charge in [-0.15, -0.1) is 5.10 Å². The average molecular weight is 525 g/mol. The van der Waals surface area contributed by atoms with Gasteiger partial charge in [0.05, 0.1) is 13.2 Å². The molecule has 1 saturated heterocycles. The summed E-state index contributed by atoms with van der Waals surface area (Å²) in [5.74, 6) is -0.289. The minimum Gasteiger partial charge on any atom is -0.464 e. The van der Waals surface area contributed by atoms with Crippen molar-refractivity contribution in [2.75, 3.05) is 18.5 Å². The maximum atomic E-state index is 14.8. The van der Waals surface area contributed by atoms with Crippen LogP contribution in [0.4, 0.5) is 9.52 Å². The first kappa shape index (κ1) is 24.3. The first-order valence-electron chi connectivity index (χ1n) is 11.3. The van der Waals surface area contributed by atoms with E-state index in [4.69, 9.17) is 21.1 Å². The zero-order chi connectivity index (χ0) is 24.9. The van der Waals surface area contributed by atoms with Crippen LogP contribution < -0.4 is 10.1 Å². The Bertz CT molecular complexity index is 1360. The zero-order valence-corrected chi connectivity index (χ0v) is 20.7. The molecule has 0 unspecified atom stereocenters. The summed E-state index contributed by atoms with van der Waals surface area (Å²) in [7, 11) is 0. The molecule has 4 aromatic rings. The standard InChI is InChI=1S/C26H22ClFN4O3S/c27-20-6-4-16(5-7-20)15-35-26-32-31-25(36-26)30-24(33)21-8-9-29-12-19(21)11-22-18(2-1-3-23(22)28)10-17-13-34-14-17/h1-9,12,17H,10-11,13-15H2,(H,30,31,33). The molecule has 5 rings (SSSR count). The van der Waals surface area contributed by atoms with Gasteiger partial charge in [0.1, 0.15) is 12.4 Å². The second-order valence-electron chi connectivity index (χ2n) is 8.44. The number of anilines is 1. The van der Waals surface area contributed by atoms with E-state index in [1.54, 1.807) is 30.5 Å². The van der Waals surface area contributed by atoms with Gasteiger partial charge in [-0.25, -0.2) is 4.39 Å². The molecule has 0 spiro atoms. The lowest BCUT2D eigenvalue weighted by Crippen LogP contribution is -2.29. The van der Waals surface area contributed by atoms with E-state index in [9.17, 15) is 9.18 Å². The maximum Gasteiger partial charge on any atom is 0.296 e. The van der Waals surface area contributed by atoms with Crippen molar-refractivity contribution in [3.05, 3.63) is 99.6 Å². The van der Waals surface area contributed by atoms with Crippen LogP contribution in [-0.4, -0.2) is 34.3 Å². The molecule has 0 atom stereocenters. The van der Waals surface area contributed by atoms with E-state index in [1.807, 2.05) is 18.2 Å². The van der Waals surface area contributed by atoms with E-state index in [1.165, 1.54) is 12.3 Å². The highest BCUT2D eigenvalue weighted by atomic mass is 35.5. The molecule has 184 valence electrons. The highest BCUT2D eigenvalue weighted by molar-refractivity contribution is 7.17. The predicted molar refractivity (Wildman–Crippen MR) is 135 cm³/mol. The van der Waals surface area contributed by atoms with Crippen molar-refractivity contribution in [2.24, 2.45) is 5.92 Å². The highest BCUT2D eigenvalue weighted by Gasteiger charge is 2.22. The number of benzene rings is 2. The number of nitrogens with zero attached hydrogens (tertiary/aromatic N) is 3. The molecule has 1 aliphatic rings. The van der Waals surface area contributed by atoms with E-state index in [0.717, 1.165) is 28.9 Å². The van der Waals surface area contributed by atoms with Crippen LogP contribution in [0.1, 0.15) is 32.6 Å². The Balaban J connectivity index is 1.27. The molecule has 2 aromatic heterocycles. The second kappa shape index (κ2) is 11.1. The third-order valence-corrected chi connectivity index (χ3v) is 6.85. The predicted octanol–water partition coefficient (Wildman–Crippen LogP) is 5.34. The van der Waals surface area contributed by atoms with Crippen LogP contribution in [0, 0.1) is 11.7 Å². The lowest BCUT2D eigenvalue weighted by Gasteiger charge is -2.27. The molecule has 0 saturated carbocycles. The van der Waals surface area contributed by atoms with E-state index in [2.05, 4.69) is 20.5 Å². The number of carbonyl (C=O) groups is 1. The topological polar surface area (TPSA) is 86.2 Å². The first-order chi connectivity index (χ1) is 17.5. The number of rotatable bonds is 9. The molecule has 36 heavy (non-hydrogen) atoms. The lowest BCUT2D eigenvalue weighted by molar-refractivity contribution is -0.0313. The number of aromatic nitrogens is 3. The molecule has 0 radical (unpaired) electrons. The number of amides is 1. The normalized spacial score (nSPS) is 13.3. The van der Waals surface area contributed by atoms with Crippen molar-refractivity contribution >= 4 is 34.0 Å². The van der Waals surface area contributed by atoms with Crippen molar-refractivity contribution in [2.45, 2.75) is 19.4 Å². The van der Waals surface area contributed by atoms with Gasteiger partial charge in [-0.1, -0.05) is 41.0 Å². The maximum absolute atomic E-state index is 14.8.